The van der Waals surface area contributed by atoms with Gasteiger partial charge in [-0.05, 0) is 49.0 Å². The summed E-state index contributed by atoms with van der Waals surface area (Å²) in [6, 6.07) is 9.11. The topological polar surface area (TPSA) is 27.0 Å². The number of likely N-dealkylation sites (N-methyl/N-ethyl adjacent to an activating group) is 1. The van der Waals surface area contributed by atoms with Crippen LogP contribution in [0.5, 0.6) is 0 Å². The van der Waals surface area contributed by atoms with Gasteiger partial charge in [-0.1, -0.05) is 32.0 Å². The molecular formula is C16H22N2. The van der Waals surface area contributed by atoms with Crippen LogP contribution in [0.2, 0.25) is 0 Å². The van der Waals surface area contributed by atoms with E-state index >= 15 is 0 Å². The first-order valence-corrected chi connectivity index (χ1v) is 7.02. The van der Waals surface area contributed by atoms with E-state index in [0.717, 1.165) is 19.6 Å². The van der Waals surface area contributed by atoms with E-state index in [2.05, 4.69) is 43.0 Å². The number of hydrogen-bond donors (Lipinski definition) is 0. The number of fused-ring (bicyclic) bond motifs is 1. The molecule has 0 heterocycles. The van der Waals surface area contributed by atoms with Gasteiger partial charge in [0, 0.05) is 6.54 Å². The maximum atomic E-state index is 9.39. The lowest BCUT2D eigenvalue weighted by atomic mass is 9.96. The third-order valence-electron chi connectivity index (χ3n) is 4.02. The molecule has 0 spiro atoms. The summed E-state index contributed by atoms with van der Waals surface area (Å²) in [5, 5.41) is 9.39. The largest absolute Gasteiger partial charge is 0.302 e. The smallest absolute Gasteiger partial charge is 0.0839 e. The second-order valence-corrected chi connectivity index (χ2v) is 5.05. The lowest BCUT2D eigenvalue weighted by Gasteiger charge is -2.21. The van der Waals surface area contributed by atoms with Crippen LogP contribution in [0.25, 0.3) is 0 Å². The third kappa shape index (κ3) is 2.73. The predicted octanol–water partition coefficient (Wildman–Crippen LogP) is 3.12. The summed E-state index contributed by atoms with van der Waals surface area (Å²) in [4.78, 5) is 2.32. The molecule has 0 bridgehead atoms. The molecule has 1 aromatic rings. The minimum absolute atomic E-state index is 0.01000. The number of aryl methyl sites for hydroxylation is 2. The Hall–Kier alpha value is -1.33. The van der Waals surface area contributed by atoms with E-state index in [-0.39, 0.29) is 5.92 Å². The van der Waals surface area contributed by atoms with Crippen molar-refractivity contribution in [2.45, 2.75) is 39.0 Å². The van der Waals surface area contributed by atoms with Crippen molar-refractivity contribution in [1.29, 1.82) is 5.26 Å². The van der Waals surface area contributed by atoms with Gasteiger partial charge in [-0.15, -0.1) is 0 Å². The normalized spacial score (nSPS) is 15.4. The van der Waals surface area contributed by atoms with Gasteiger partial charge in [0.15, 0.2) is 0 Å². The highest BCUT2D eigenvalue weighted by molar-refractivity contribution is 5.38. The second-order valence-electron chi connectivity index (χ2n) is 5.05. The van der Waals surface area contributed by atoms with Crippen molar-refractivity contribution in [2.75, 3.05) is 19.6 Å². The van der Waals surface area contributed by atoms with Gasteiger partial charge in [-0.2, -0.15) is 5.26 Å². The summed E-state index contributed by atoms with van der Waals surface area (Å²) < 4.78 is 0. The fourth-order valence-corrected chi connectivity index (χ4v) is 2.77. The Morgan fingerprint density at radius 2 is 1.94 bits per heavy atom. The first-order chi connectivity index (χ1) is 8.78. The molecule has 0 saturated carbocycles. The Kier molecular flexibility index (Phi) is 4.38. The van der Waals surface area contributed by atoms with E-state index < -0.39 is 0 Å². The molecule has 1 atom stereocenters. The molecule has 96 valence electrons. The van der Waals surface area contributed by atoms with Crippen LogP contribution in [0.15, 0.2) is 18.2 Å². The molecule has 2 rings (SSSR count). The zero-order chi connectivity index (χ0) is 13.0. The molecular weight excluding hydrogens is 220 g/mol. The molecule has 2 nitrogen and oxygen atoms in total. The Balaban J connectivity index is 2.15. The van der Waals surface area contributed by atoms with Crippen LogP contribution >= 0.6 is 0 Å². The molecule has 0 radical (unpaired) electrons. The summed E-state index contributed by atoms with van der Waals surface area (Å²) in [5.41, 5.74) is 4.15. The fraction of sp³-hybridized carbons (Fsp3) is 0.562. The van der Waals surface area contributed by atoms with E-state index in [1.165, 1.54) is 36.0 Å². The van der Waals surface area contributed by atoms with Crippen LogP contribution in [0.3, 0.4) is 0 Å². The fourth-order valence-electron chi connectivity index (χ4n) is 2.77. The quantitative estimate of drug-likeness (QED) is 0.793. The molecule has 0 amide bonds. The average Bonchev–Trinajstić information content (AvgIpc) is 2.87. The third-order valence-corrected chi connectivity index (χ3v) is 4.02. The molecule has 1 aliphatic rings. The lowest BCUT2D eigenvalue weighted by Crippen LogP contribution is -2.27. The minimum Gasteiger partial charge on any atom is -0.302 e. The van der Waals surface area contributed by atoms with Crippen LogP contribution < -0.4 is 0 Å². The van der Waals surface area contributed by atoms with E-state index in [4.69, 9.17) is 0 Å². The number of hydrogen-bond acceptors (Lipinski definition) is 2. The summed E-state index contributed by atoms with van der Waals surface area (Å²) in [6.07, 6.45) is 3.67. The predicted molar refractivity (Wildman–Crippen MR) is 74.6 cm³/mol. The Labute approximate surface area is 110 Å². The minimum atomic E-state index is 0.01000. The highest BCUT2D eigenvalue weighted by Gasteiger charge is 2.17. The van der Waals surface area contributed by atoms with Gasteiger partial charge in [-0.25, -0.2) is 0 Å². The van der Waals surface area contributed by atoms with Crippen LogP contribution in [0.1, 0.15) is 42.9 Å². The van der Waals surface area contributed by atoms with Crippen molar-refractivity contribution in [1.82, 2.24) is 4.90 Å². The zero-order valence-corrected chi connectivity index (χ0v) is 11.4. The van der Waals surface area contributed by atoms with E-state index in [0.29, 0.717) is 0 Å². The van der Waals surface area contributed by atoms with Crippen molar-refractivity contribution < 1.29 is 0 Å². The SMILES string of the molecule is CCN(CC)CC(C#N)c1ccc2c(c1)CCC2. The number of rotatable bonds is 5. The van der Waals surface area contributed by atoms with E-state index in [9.17, 15) is 5.26 Å². The zero-order valence-electron chi connectivity index (χ0n) is 11.4. The van der Waals surface area contributed by atoms with Crippen LogP contribution in [-0.4, -0.2) is 24.5 Å². The number of benzene rings is 1. The molecule has 1 aromatic carbocycles. The van der Waals surface area contributed by atoms with Crippen molar-refractivity contribution in [3.63, 3.8) is 0 Å². The Morgan fingerprint density at radius 3 is 2.61 bits per heavy atom. The first kappa shape index (κ1) is 13.1. The second kappa shape index (κ2) is 6.02. The number of nitrogens with zero attached hydrogens (tertiary/aromatic N) is 2. The van der Waals surface area contributed by atoms with Gasteiger partial charge in [0.2, 0.25) is 0 Å². The molecule has 0 aromatic heterocycles. The number of nitriles is 1. The molecule has 18 heavy (non-hydrogen) atoms. The summed E-state index contributed by atoms with van der Waals surface area (Å²) >= 11 is 0. The first-order valence-electron chi connectivity index (χ1n) is 7.02. The molecule has 0 aliphatic heterocycles. The summed E-state index contributed by atoms with van der Waals surface area (Å²) in [7, 11) is 0. The van der Waals surface area contributed by atoms with Crippen LogP contribution in [0, 0.1) is 11.3 Å². The Bertz CT molecular complexity index is 441. The van der Waals surface area contributed by atoms with Crippen molar-refractivity contribution in [3.05, 3.63) is 34.9 Å². The standard InChI is InChI=1S/C16H22N2/c1-3-18(4-2)12-16(11-17)15-9-8-13-6-5-7-14(13)10-15/h8-10,16H,3-7,12H2,1-2H3. The van der Waals surface area contributed by atoms with Crippen molar-refractivity contribution >= 4 is 0 Å². The molecule has 1 unspecified atom stereocenters. The van der Waals surface area contributed by atoms with Gasteiger partial charge >= 0.3 is 0 Å². The van der Waals surface area contributed by atoms with Crippen LogP contribution in [-0.2, 0) is 12.8 Å². The molecule has 0 N–H and O–H groups in total. The van der Waals surface area contributed by atoms with Gasteiger partial charge in [0.05, 0.1) is 12.0 Å². The Morgan fingerprint density at radius 1 is 1.22 bits per heavy atom. The van der Waals surface area contributed by atoms with Gasteiger partial charge < -0.3 is 4.90 Å². The van der Waals surface area contributed by atoms with Gasteiger partial charge in [0.1, 0.15) is 0 Å². The summed E-state index contributed by atoms with van der Waals surface area (Å²) in [6.45, 7) is 7.18. The molecule has 0 fully saturated rings. The molecule has 0 saturated heterocycles. The maximum Gasteiger partial charge on any atom is 0.0839 e. The van der Waals surface area contributed by atoms with Crippen molar-refractivity contribution in [3.8, 4) is 6.07 Å². The summed E-state index contributed by atoms with van der Waals surface area (Å²) in [5.74, 6) is 0.01000. The average molecular weight is 242 g/mol. The van der Waals surface area contributed by atoms with Gasteiger partial charge in [-0.3, -0.25) is 0 Å². The van der Waals surface area contributed by atoms with Crippen LogP contribution in [0.4, 0.5) is 0 Å². The molecule has 2 heteroatoms. The van der Waals surface area contributed by atoms with E-state index in [1.807, 2.05) is 0 Å². The highest BCUT2D eigenvalue weighted by atomic mass is 15.1. The maximum absolute atomic E-state index is 9.39. The highest BCUT2D eigenvalue weighted by Crippen LogP contribution is 2.26. The van der Waals surface area contributed by atoms with Crippen molar-refractivity contribution in [2.24, 2.45) is 0 Å². The van der Waals surface area contributed by atoms with Gasteiger partial charge in [0.25, 0.3) is 0 Å². The van der Waals surface area contributed by atoms with E-state index in [1.54, 1.807) is 0 Å². The lowest BCUT2D eigenvalue weighted by molar-refractivity contribution is 0.298. The monoisotopic (exact) mass is 242 g/mol. The molecule has 1 aliphatic carbocycles.